The fourth-order valence-electron chi connectivity index (χ4n) is 2.97. The Bertz CT molecular complexity index is 1190. The Kier molecular flexibility index (Phi) is 4.13. The van der Waals surface area contributed by atoms with Crippen molar-refractivity contribution >= 4 is 56.4 Å². The van der Waals surface area contributed by atoms with E-state index in [-0.39, 0.29) is 5.56 Å². The third-order valence-electron chi connectivity index (χ3n) is 4.31. The SMILES string of the molecule is Cn1c(C=Cc2cccc3ccccc23)nc2ccc(I)cc2c1=O. The van der Waals surface area contributed by atoms with E-state index in [4.69, 9.17) is 0 Å². The van der Waals surface area contributed by atoms with Gasteiger partial charge in [-0.15, -0.1) is 0 Å². The van der Waals surface area contributed by atoms with Gasteiger partial charge in [0.2, 0.25) is 0 Å². The second kappa shape index (κ2) is 6.44. The average molecular weight is 438 g/mol. The largest absolute Gasteiger partial charge is 0.296 e. The molecule has 4 aromatic rings. The summed E-state index contributed by atoms with van der Waals surface area (Å²) in [5.41, 5.74) is 1.80. The number of hydrogen-bond acceptors (Lipinski definition) is 2. The highest BCUT2D eigenvalue weighted by Gasteiger charge is 2.07. The van der Waals surface area contributed by atoms with Gasteiger partial charge in [0.15, 0.2) is 0 Å². The average Bonchev–Trinajstić information content (AvgIpc) is 2.64. The minimum Gasteiger partial charge on any atom is -0.296 e. The lowest BCUT2D eigenvalue weighted by Gasteiger charge is -2.07. The van der Waals surface area contributed by atoms with Crippen LogP contribution in [0.1, 0.15) is 11.4 Å². The Hall–Kier alpha value is -2.47. The van der Waals surface area contributed by atoms with Crippen molar-refractivity contribution in [2.24, 2.45) is 7.05 Å². The van der Waals surface area contributed by atoms with Gasteiger partial charge >= 0.3 is 0 Å². The molecule has 3 nitrogen and oxygen atoms in total. The lowest BCUT2D eigenvalue weighted by Crippen LogP contribution is -2.20. The fourth-order valence-corrected chi connectivity index (χ4v) is 3.46. The van der Waals surface area contributed by atoms with Gasteiger partial charge in [-0.2, -0.15) is 0 Å². The second-order valence-electron chi connectivity index (χ2n) is 5.90. The van der Waals surface area contributed by atoms with Crippen LogP contribution in [0, 0.1) is 3.57 Å². The molecule has 0 spiro atoms. The topological polar surface area (TPSA) is 34.9 Å². The van der Waals surface area contributed by atoms with Crippen molar-refractivity contribution in [2.45, 2.75) is 0 Å². The lowest BCUT2D eigenvalue weighted by molar-refractivity contribution is 0.828. The number of aromatic nitrogens is 2. The summed E-state index contributed by atoms with van der Waals surface area (Å²) in [6.45, 7) is 0. The van der Waals surface area contributed by atoms with Gasteiger partial charge in [-0.1, -0.05) is 48.5 Å². The van der Waals surface area contributed by atoms with Crippen LogP contribution in [0.5, 0.6) is 0 Å². The predicted molar refractivity (Wildman–Crippen MR) is 113 cm³/mol. The van der Waals surface area contributed by atoms with E-state index in [1.807, 2.05) is 48.6 Å². The van der Waals surface area contributed by atoms with Crippen LogP contribution in [0.4, 0.5) is 0 Å². The molecule has 0 aliphatic rings. The standard InChI is InChI=1S/C21H15IN2O/c1-24-20(23-19-11-10-16(22)13-18(19)21(24)25)12-9-15-7-4-6-14-5-2-3-8-17(14)15/h2-13H,1H3. The van der Waals surface area contributed by atoms with Crippen molar-refractivity contribution in [1.29, 1.82) is 0 Å². The van der Waals surface area contributed by atoms with Gasteiger partial charge in [-0.05, 0) is 63.2 Å². The molecular weight excluding hydrogens is 423 g/mol. The zero-order valence-corrected chi connectivity index (χ0v) is 15.8. The Morgan fingerprint density at radius 2 is 1.76 bits per heavy atom. The van der Waals surface area contributed by atoms with Crippen molar-refractivity contribution in [1.82, 2.24) is 9.55 Å². The minimum absolute atomic E-state index is 0.0268. The van der Waals surface area contributed by atoms with Crippen LogP contribution in [-0.4, -0.2) is 9.55 Å². The zero-order chi connectivity index (χ0) is 17.4. The quantitative estimate of drug-likeness (QED) is 0.419. The second-order valence-corrected chi connectivity index (χ2v) is 7.14. The van der Waals surface area contributed by atoms with Gasteiger partial charge in [0.05, 0.1) is 10.9 Å². The number of rotatable bonds is 2. The lowest BCUT2D eigenvalue weighted by atomic mass is 10.0. The van der Waals surface area contributed by atoms with Crippen LogP contribution in [0.3, 0.4) is 0 Å². The van der Waals surface area contributed by atoms with E-state index < -0.39 is 0 Å². The molecule has 122 valence electrons. The minimum atomic E-state index is -0.0268. The molecule has 0 amide bonds. The fraction of sp³-hybridized carbons (Fsp3) is 0.0476. The van der Waals surface area contributed by atoms with Crippen molar-refractivity contribution in [3.63, 3.8) is 0 Å². The number of halogens is 1. The monoisotopic (exact) mass is 438 g/mol. The number of hydrogen-bond donors (Lipinski definition) is 0. The van der Waals surface area contributed by atoms with Crippen LogP contribution in [0.25, 0.3) is 33.8 Å². The maximum Gasteiger partial charge on any atom is 0.261 e. The maximum atomic E-state index is 12.6. The number of nitrogens with zero attached hydrogens (tertiary/aromatic N) is 2. The summed E-state index contributed by atoms with van der Waals surface area (Å²) < 4.78 is 2.63. The Morgan fingerprint density at radius 1 is 0.960 bits per heavy atom. The molecule has 1 heterocycles. The molecule has 0 aliphatic heterocycles. The van der Waals surface area contributed by atoms with Crippen molar-refractivity contribution < 1.29 is 0 Å². The van der Waals surface area contributed by atoms with Crippen molar-refractivity contribution in [2.75, 3.05) is 0 Å². The van der Waals surface area contributed by atoms with E-state index >= 15 is 0 Å². The van der Waals surface area contributed by atoms with E-state index in [2.05, 4.69) is 51.8 Å². The molecular formula is C21H15IN2O. The zero-order valence-electron chi connectivity index (χ0n) is 13.6. The summed E-state index contributed by atoms with van der Waals surface area (Å²) in [6, 6.07) is 20.2. The summed E-state index contributed by atoms with van der Waals surface area (Å²) in [7, 11) is 1.76. The van der Waals surface area contributed by atoms with E-state index in [1.165, 1.54) is 10.8 Å². The van der Waals surface area contributed by atoms with Crippen LogP contribution >= 0.6 is 22.6 Å². The van der Waals surface area contributed by atoms with Gasteiger partial charge in [0.25, 0.3) is 5.56 Å². The normalized spacial score (nSPS) is 11.6. The first kappa shape index (κ1) is 16.0. The molecule has 0 saturated heterocycles. The molecule has 0 unspecified atom stereocenters. The number of benzene rings is 3. The number of fused-ring (bicyclic) bond motifs is 2. The Labute approximate surface area is 158 Å². The Balaban J connectivity index is 1.85. The molecule has 3 aromatic carbocycles. The smallest absolute Gasteiger partial charge is 0.261 e. The third kappa shape index (κ3) is 2.98. The first-order valence-electron chi connectivity index (χ1n) is 7.95. The molecule has 4 rings (SSSR count). The molecule has 0 saturated carbocycles. The molecule has 25 heavy (non-hydrogen) atoms. The molecule has 0 aliphatic carbocycles. The highest BCUT2D eigenvalue weighted by molar-refractivity contribution is 14.1. The van der Waals surface area contributed by atoms with E-state index in [0.29, 0.717) is 11.2 Å². The van der Waals surface area contributed by atoms with Crippen LogP contribution in [0.15, 0.2) is 65.5 Å². The first-order chi connectivity index (χ1) is 12.1. The first-order valence-corrected chi connectivity index (χ1v) is 9.03. The summed E-state index contributed by atoms with van der Waals surface area (Å²) >= 11 is 2.21. The summed E-state index contributed by atoms with van der Waals surface area (Å²) in [4.78, 5) is 17.3. The summed E-state index contributed by atoms with van der Waals surface area (Å²) in [6.07, 6.45) is 3.92. The van der Waals surface area contributed by atoms with Gasteiger partial charge < -0.3 is 0 Å². The Morgan fingerprint density at radius 3 is 2.64 bits per heavy atom. The molecule has 4 heteroatoms. The van der Waals surface area contributed by atoms with Crippen LogP contribution in [-0.2, 0) is 7.05 Å². The molecule has 0 atom stereocenters. The summed E-state index contributed by atoms with van der Waals surface area (Å²) in [5, 5.41) is 3.03. The van der Waals surface area contributed by atoms with E-state index in [9.17, 15) is 4.79 Å². The molecule has 0 bridgehead atoms. The van der Waals surface area contributed by atoms with Gasteiger partial charge in [0, 0.05) is 10.6 Å². The van der Waals surface area contributed by atoms with Crippen LogP contribution in [0.2, 0.25) is 0 Å². The van der Waals surface area contributed by atoms with E-state index in [0.717, 1.165) is 14.7 Å². The molecule has 1 aromatic heterocycles. The van der Waals surface area contributed by atoms with E-state index in [1.54, 1.807) is 11.6 Å². The molecule has 0 fully saturated rings. The molecule has 0 radical (unpaired) electrons. The highest BCUT2D eigenvalue weighted by Crippen LogP contribution is 2.20. The van der Waals surface area contributed by atoms with Gasteiger partial charge in [-0.3, -0.25) is 9.36 Å². The van der Waals surface area contributed by atoms with Gasteiger partial charge in [-0.25, -0.2) is 4.98 Å². The molecule has 0 N–H and O–H groups in total. The summed E-state index contributed by atoms with van der Waals surface area (Å²) in [5.74, 6) is 0.645. The van der Waals surface area contributed by atoms with Gasteiger partial charge in [0.1, 0.15) is 5.82 Å². The third-order valence-corrected chi connectivity index (χ3v) is 4.98. The van der Waals surface area contributed by atoms with Crippen LogP contribution < -0.4 is 5.56 Å². The predicted octanol–water partition coefficient (Wildman–Crippen LogP) is 4.86. The maximum absolute atomic E-state index is 12.6. The van der Waals surface area contributed by atoms with Crippen molar-refractivity contribution in [3.05, 3.63) is 86.0 Å². The highest BCUT2D eigenvalue weighted by atomic mass is 127. The van der Waals surface area contributed by atoms with Crippen molar-refractivity contribution in [3.8, 4) is 0 Å².